The van der Waals surface area contributed by atoms with Gasteiger partial charge in [0.15, 0.2) is 6.10 Å². The van der Waals surface area contributed by atoms with Gasteiger partial charge in [-0.25, -0.2) is 0 Å². The molecule has 0 aliphatic rings. The van der Waals surface area contributed by atoms with Crippen LogP contribution in [0.3, 0.4) is 0 Å². The lowest BCUT2D eigenvalue weighted by Crippen LogP contribution is -2.30. The van der Waals surface area contributed by atoms with Gasteiger partial charge in [0.1, 0.15) is 6.61 Å². The van der Waals surface area contributed by atoms with Crippen molar-refractivity contribution in [2.24, 2.45) is 0 Å². The zero-order valence-electron chi connectivity index (χ0n) is 45.2. The number of esters is 2. The summed E-state index contributed by atoms with van der Waals surface area (Å²) in [7, 11) is 0. The summed E-state index contributed by atoms with van der Waals surface area (Å²) in [6.45, 7) is 7.91. The summed E-state index contributed by atoms with van der Waals surface area (Å²) in [4.78, 5) is 25.5. The van der Waals surface area contributed by atoms with Crippen LogP contribution >= 0.6 is 0 Å². The van der Waals surface area contributed by atoms with E-state index in [2.05, 4.69) is 32.9 Å². The SMILES string of the molecule is CCCCCCCC/C=C\CCCCCCCCCC(=O)OCC(COCCCCCCCCCCCCCCCCCCCC)OC(=O)CCCCCCCCCCCCCCCCC. The van der Waals surface area contributed by atoms with Gasteiger partial charge >= 0.3 is 11.9 Å². The highest BCUT2D eigenvalue weighted by molar-refractivity contribution is 5.70. The fraction of sp³-hybridized carbons (Fsp3) is 0.934. The molecular weight excluding hydrogens is 813 g/mol. The third-order valence-corrected chi connectivity index (χ3v) is 13.8. The number of ether oxygens (including phenoxy) is 3. The molecule has 0 fully saturated rings. The lowest BCUT2D eigenvalue weighted by molar-refractivity contribution is -0.163. The zero-order chi connectivity index (χ0) is 47.7. The molecule has 0 aromatic carbocycles. The van der Waals surface area contributed by atoms with E-state index in [1.165, 1.54) is 276 Å². The minimum atomic E-state index is -0.529. The molecule has 0 aromatic rings. The van der Waals surface area contributed by atoms with E-state index in [-0.39, 0.29) is 18.5 Å². The third kappa shape index (κ3) is 55.2. The first kappa shape index (κ1) is 64.6. The molecule has 0 radical (unpaired) electrons. The lowest BCUT2D eigenvalue weighted by Gasteiger charge is -2.18. The molecule has 0 aromatic heterocycles. The molecule has 0 spiro atoms. The van der Waals surface area contributed by atoms with Gasteiger partial charge in [-0.3, -0.25) is 9.59 Å². The molecule has 1 atom stereocenters. The first-order chi connectivity index (χ1) is 32.6. The smallest absolute Gasteiger partial charge is 0.306 e. The van der Waals surface area contributed by atoms with E-state index in [1.807, 2.05) is 0 Å². The summed E-state index contributed by atoms with van der Waals surface area (Å²) in [5, 5.41) is 0. The highest BCUT2D eigenvalue weighted by Gasteiger charge is 2.18. The Morgan fingerprint density at radius 2 is 0.591 bits per heavy atom. The van der Waals surface area contributed by atoms with Gasteiger partial charge in [-0.05, 0) is 44.9 Å². The maximum atomic E-state index is 12.9. The molecule has 0 bridgehead atoms. The Kier molecular flexibility index (Phi) is 56.8. The minimum Gasteiger partial charge on any atom is -0.462 e. The largest absolute Gasteiger partial charge is 0.462 e. The molecule has 0 N–H and O–H groups in total. The summed E-state index contributed by atoms with van der Waals surface area (Å²) in [5.41, 5.74) is 0. The predicted octanol–water partition coefficient (Wildman–Crippen LogP) is 20.6. The number of hydrogen-bond donors (Lipinski definition) is 0. The molecule has 392 valence electrons. The molecular formula is C61H118O5. The molecule has 0 saturated carbocycles. The normalized spacial score (nSPS) is 12.1. The number of unbranched alkanes of at least 4 members (excludes halogenated alkanes) is 44. The highest BCUT2D eigenvalue weighted by Crippen LogP contribution is 2.17. The van der Waals surface area contributed by atoms with Crippen LogP contribution in [0.5, 0.6) is 0 Å². The first-order valence-electron chi connectivity index (χ1n) is 30.2. The van der Waals surface area contributed by atoms with Gasteiger partial charge in [0, 0.05) is 19.4 Å². The Labute approximate surface area is 414 Å². The van der Waals surface area contributed by atoms with E-state index in [4.69, 9.17) is 14.2 Å². The van der Waals surface area contributed by atoms with Crippen LogP contribution < -0.4 is 0 Å². The molecule has 0 aliphatic heterocycles. The van der Waals surface area contributed by atoms with Crippen LogP contribution in [0.1, 0.15) is 342 Å². The van der Waals surface area contributed by atoms with E-state index in [0.29, 0.717) is 26.1 Å². The van der Waals surface area contributed by atoms with Crippen molar-refractivity contribution in [2.75, 3.05) is 19.8 Å². The van der Waals surface area contributed by atoms with E-state index in [0.717, 1.165) is 32.1 Å². The summed E-state index contributed by atoms with van der Waals surface area (Å²) < 4.78 is 17.5. The van der Waals surface area contributed by atoms with Crippen molar-refractivity contribution in [3.63, 3.8) is 0 Å². The second-order valence-corrected chi connectivity index (χ2v) is 20.6. The zero-order valence-corrected chi connectivity index (χ0v) is 45.2. The fourth-order valence-corrected chi connectivity index (χ4v) is 9.27. The number of carbonyl (C=O) groups excluding carboxylic acids is 2. The standard InChI is InChI=1S/C61H118O5/c1-4-7-10-13-16-19-22-25-28-30-32-35-38-41-44-47-50-53-56-64-57-59(66-61(63)55-52-49-46-43-40-37-33-27-24-21-18-15-12-9-6-3)58-65-60(62)54-51-48-45-42-39-36-34-31-29-26-23-20-17-14-11-8-5-2/h26,29,59H,4-25,27-28,30-58H2,1-3H3/b29-26-. The maximum absolute atomic E-state index is 12.9. The third-order valence-electron chi connectivity index (χ3n) is 13.8. The molecule has 1 unspecified atom stereocenters. The van der Waals surface area contributed by atoms with E-state index < -0.39 is 6.10 Å². The Morgan fingerprint density at radius 3 is 0.924 bits per heavy atom. The van der Waals surface area contributed by atoms with Crippen LogP contribution in [0.4, 0.5) is 0 Å². The summed E-state index contributed by atoms with van der Waals surface area (Å²) >= 11 is 0. The molecule has 0 rings (SSSR count). The quantitative estimate of drug-likeness (QED) is 0.0345. The van der Waals surface area contributed by atoms with Crippen LogP contribution in [0.25, 0.3) is 0 Å². The molecule has 0 aliphatic carbocycles. The summed E-state index contributed by atoms with van der Waals surface area (Å²) in [5.74, 6) is -0.374. The van der Waals surface area contributed by atoms with Crippen molar-refractivity contribution >= 4 is 11.9 Å². The van der Waals surface area contributed by atoms with Gasteiger partial charge in [-0.15, -0.1) is 0 Å². The highest BCUT2D eigenvalue weighted by atomic mass is 16.6. The van der Waals surface area contributed by atoms with Gasteiger partial charge in [0.2, 0.25) is 0 Å². The van der Waals surface area contributed by atoms with Crippen LogP contribution in [0.15, 0.2) is 12.2 Å². The van der Waals surface area contributed by atoms with E-state index in [9.17, 15) is 9.59 Å². The average Bonchev–Trinajstić information content (AvgIpc) is 3.32. The van der Waals surface area contributed by atoms with Crippen LogP contribution in [0, 0.1) is 0 Å². The van der Waals surface area contributed by atoms with Gasteiger partial charge < -0.3 is 14.2 Å². The van der Waals surface area contributed by atoms with Crippen molar-refractivity contribution < 1.29 is 23.8 Å². The Hall–Kier alpha value is -1.36. The van der Waals surface area contributed by atoms with Crippen molar-refractivity contribution in [1.29, 1.82) is 0 Å². The predicted molar refractivity (Wildman–Crippen MR) is 289 cm³/mol. The summed E-state index contributed by atoms with van der Waals surface area (Å²) in [6, 6.07) is 0. The Morgan fingerprint density at radius 1 is 0.318 bits per heavy atom. The number of carbonyl (C=O) groups is 2. The number of hydrogen-bond acceptors (Lipinski definition) is 5. The Balaban J connectivity index is 4.20. The average molecular weight is 932 g/mol. The maximum Gasteiger partial charge on any atom is 0.306 e. The molecule has 66 heavy (non-hydrogen) atoms. The second kappa shape index (κ2) is 58.0. The molecule has 0 heterocycles. The Bertz CT molecular complexity index is 963. The molecule has 0 amide bonds. The van der Waals surface area contributed by atoms with Crippen LogP contribution in [0.2, 0.25) is 0 Å². The van der Waals surface area contributed by atoms with Crippen molar-refractivity contribution in [3.8, 4) is 0 Å². The van der Waals surface area contributed by atoms with Gasteiger partial charge in [0.05, 0.1) is 6.61 Å². The number of allylic oxidation sites excluding steroid dienone is 2. The summed E-state index contributed by atoms with van der Waals surface area (Å²) in [6.07, 6.45) is 68.1. The topological polar surface area (TPSA) is 61.8 Å². The second-order valence-electron chi connectivity index (χ2n) is 20.6. The lowest BCUT2D eigenvalue weighted by atomic mass is 10.0. The first-order valence-corrected chi connectivity index (χ1v) is 30.2. The van der Waals surface area contributed by atoms with E-state index in [1.54, 1.807) is 0 Å². The minimum absolute atomic E-state index is 0.0932. The monoisotopic (exact) mass is 931 g/mol. The van der Waals surface area contributed by atoms with Gasteiger partial charge in [0.25, 0.3) is 0 Å². The van der Waals surface area contributed by atoms with E-state index >= 15 is 0 Å². The van der Waals surface area contributed by atoms with Gasteiger partial charge in [-0.2, -0.15) is 0 Å². The fourth-order valence-electron chi connectivity index (χ4n) is 9.27. The molecule has 0 saturated heterocycles. The van der Waals surface area contributed by atoms with Crippen LogP contribution in [-0.2, 0) is 23.8 Å². The number of rotatable bonds is 57. The molecule has 5 nitrogen and oxygen atoms in total. The van der Waals surface area contributed by atoms with Crippen LogP contribution in [-0.4, -0.2) is 37.9 Å². The van der Waals surface area contributed by atoms with Gasteiger partial charge in [-0.1, -0.05) is 296 Å². The van der Waals surface area contributed by atoms with Crippen molar-refractivity contribution in [2.45, 2.75) is 348 Å². The van der Waals surface area contributed by atoms with Crippen molar-refractivity contribution in [1.82, 2.24) is 0 Å². The molecule has 5 heteroatoms. The van der Waals surface area contributed by atoms with Crippen molar-refractivity contribution in [3.05, 3.63) is 12.2 Å².